The van der Waals surface area contributed by atoms with Gasteiger partial charge in [-0.3, -0.25) is 4.79 Å². The molecule has 1 amide bonds. The van der Waals surface area contributed by atoms with Gasteiger partial charge in [-0.2, -0.15) is 0 Å². The summed E-state index contributed by atoms with van der Waals surface area (Å²) in [6, 6.07) is 7.91. The molecule has 0 fully saturated rings. The van der Waals surface area contributed by atoms with Gasteiger partial charge in [0.05, 0.1) is 18.8 Å². The maximum atomic E-state index is 11.5. The van der Waals surface area contributed by atoms with E-state index < -0.39 is 48.1 Å². The molecule has 3 rings (SSSR count). The lowest BCUT2D eigenvalue weighted by Crippen LogP contribution is -2.59. The van der Waals surface area contributed by atoms with Crippen molar-refractivity contribution in [2.45, 2.75) is 50.5 Å². The summed E-state index contributed by atoms with van der Waals surface area (Å²) in [7, 11) is 0. The number of nitrogens with zero attached hydrogens (tertiary/aromatic N) is 3. The molecule has 5 atom stereocenters. The number of aromatic nitrogens is 3. The van der Waals surface area contributed by atoms with Crippen LogP contribution in [0.4, 0.5) is 0 Å². The number of carbonyl (C=O) groups excluding carboxylic acids is 1. The average molecular weight is 448 g/mol. The molecule has 1 aliphatic rings. The fourth-order valence-corrected chi connectivity index (χ4v) is 3.20. The summed E-state index contributed by atoms with van der Waals surface area (Å²) in [6.45, 7) is 1.11. The lowest BCUT2D eigenvalue weighted by molar-refractivity contribution is -0.148. The van der Waals surface area contributed by atoms with Gasteiger partial charge in [0, 0.05) is 6.92 Å². The summed E-state index contributed by atoms with van der Waals surface area (Å²) in [5.41, 5.74) is 0.479. The van der Waals surface area contributed by atoms with Crippen molar-refractivity contribution in [3.05, 3.63) is 54.1 Å². The van der Waals surface area contributed by atoms with Gasteiger partial charge in [-0.05, 0) is 18.2 Å². The first-order valence-corrected chi connectivity index (χ1v) is 9.74. The van der Waals surface area contributed by atoms with Crippen LogP contribution in [0.1, 0.15) is 12.6 Å². The highest BCUT2D eigenvalue weighted by Crippen LogP contribution is 2.23. The van der Waals surface area contributed by atoms with Crippen LogP contribution in [0.15, 0.2) is 48.4 Å². The summed E-state index contributed by atoms with van der Waals surface area (Å²) in [6.07, 6.45) is -3.60. The normalized spacial score (nSPS) is 22.2. The van der Waals surface area contributed by atoms with E-state index in [1.54, 1.807) is 12.1 Å². The summed E-state index contributed by atoms with van der Waals surface area (Å²) < 4.78 is 12.1. The molecule has 1 aromatic carbocycles. The molecule has 12 nitrogen and oxygen atoms in total. The molecule has 2 aromatic rings. The van der Waals surface area contributed by atoms with Crippen LogP contribution >= 0.6 is 0 Å². The number of aliphatic hydroxyl groups excluding tert-OH is 3. The van der Waals surface area contributed by atoms with Gasteiger partial charge in [0.2, 0.25) is 11.7 Å². The predicted octanol–water partition coefficient (Wildman–Crippen LogP) is -1.19. The summed E-state index contributed by atoms with van der Waals surface area (Å²) >= 11 is 0. The quantitative estimate of drug-likeness (QED) is 0.313. The molecule has 32 heavy (non-hydrogen) atoms. The molecule has 0 saturated heterocycles. The summed E-state index contributed by atoms with van der Waals surface area (Å²) in [5, 5.41) is 50.7. The average Bonchev–Trinajstić information content (AvgIpc) is 3.20. The molecular weight excluding hydrogens is 424 g/mol. The minimum absolute atomic E-state index is 0.137. The Labute approximate surface area is 182 Å². The lowest BCUT2D eigenvalue weighted by atomic mass is 9.93. The fourth-order valence-electron chi connectivity index (χ4n) is 3.20. The molecule has 0 bridgehead atoms. The summed E-state index contributed by atoms with van der Waals surface area (Å²) in [4.78, 5) is 22.7. The van der Waals surface area contributed by atoms with E-state index >= 15 is 0 Å². The van der Waals surface area contributed by atoms with E-state index in [4.69, 9.17) is 14.6 Å². The van der Waals surface area contributed by atoms with E-state index in [-0.39, 0.29) is 13.2 Å². The highest BCUT2D eigenvalue weighted by molar-refractivity contribution is 5.84. The molecule has 1 aliphatic heterocycles. The van der Waals surface area contributed by atoms with Crippen molar-refractivity contribution in [2.75, 3.05) is 0 Å². The monoisotopic (exact) mass is 448 g/mol. The number of para-hydroxylation sites is 1. The van der Waals surface area contributed by atoms with E-state index in [0.717, 1.165) is 6.08 Å². The Balaban J connectivity index is 1.65. The van der Waals surface area contributed by atoms with E-state index in [0.29, 0.717) is 11.4 Å². The Morgan fingerprint density at radius 1 is 1.28 bits per heavy atom. The van der Waals surface area contributed by atoms with Gasteiger partial charge in [-0.1, -0.05) is 23.4 Å². The fraction of sp³-hybridized carbons (Fsp3) is 0.400. The molecule has 0 unspecified atom stereocenters. The molecule has 12 heteroatoms. The number of ether oxygens (including phenoxy) is 2. The van der Waals surface area contributed by atoms with Crippen LogP contribution in [0.2, 0.25) is 0 Å². The lowest BCUT2D eigenvalue weighted by Gasteiger charge is -2.38. The number of benzene rings is 1. The predicted molar refractivity (Wildman–Crippen MR) is 107 cm³/mol. The number of nitrogens with one attached hydrogen (secondary N) is 1. The van der Waals surface area contributed by atoms with Crippen LogP contribution in [-0.2, 0) is 27.5 Å². The molecule has 1 aromatic heterocycles. The van der Waals surface area contributed by atoms with E-state index in [9.17, 15) is 24.9 Å². The number of rotatable bonds is 9. The Bertz CT molecular complexity index is 964. The maximum Gasteiger partial charge on any atom is 0.370 e. The SMILES string of the molecule is CC(=O)N[C@H]1[C@H]([C@H](O)[C@H](O)Cn2cc(COc3ccccc3)nn2)OC(C(=O)O)=C[C@@H]1O. The second-order valence-corrected chi connectivity index (χ2v) is 7.23. The van der Waals surface area contributed by atoms with E-state index in [1.165, 1.54) is 17.8 Å². The Kier molecular flexibility index (Phi) is 7.41. The molecule has 0 saturated carbocycles. The van der Waals surface area contributed by atoms with Crippen LogP contribution in [0.5, 0.6) is 5.75 Å². The van der Waals surface area contributed by atoms with Crippen LogP contribution in [0.3, 0.4) is 0 Å². The first kappa shape index (κ1) is 23.2. The van der Waals surface area contributed by atoms with Crippen LogP contribution < -0.4 is 10.1 Å². The van der Waals surface area contributed by atoms with Crippen LogP contribution in [-0.4, -0.2) is 77.8 Å². The first-order chi connectivity index (χ1) is 15.2. The number of carboxylic acids is 1. The van der Waals surface area contributed by atoms with Gasteiger partial charge in [0.15, 0.2) is 6.10 Å². The Hall–Kier alpha value is -3.48. The smallest absolute Gasteiger partial charge is 0.370 e. The van der Waals surface area contributed by atoms with Crippen molar-refractivity contribution in [2.24, 2.45) is 0 Å². The molecule has 2 heterocycles. The van der Waals surface area contributed by atoms with Crippen LogP contribution in [0, 0.1) is 0 Å². The molecule has 5 N–H and O–H groups in total. The number of aliphatic hydroxyl groups is 3. The van der Waals surface area contributed by atoms with E-state index in [1.807, 2.05) is 18.2 Å². The number of carboxylic acid groups (broad SMARTS) is 1. The molecule has 172 valence electrons. The van der Waals surface area contributed by atoms with Gasteiger partial charge in [-0.25, -0.2) is 9.48 Å². The van der Waals surface area contributed by atoms with Gasteiger partial charge in [-0.15, -0.1) is 5.10 Å². The molecule has 0 spiro atoms. The molecule has 0 radical (unpaired) electrons. The highest BCUT2D eigenvalue weighted by Gasteiger charge is 2.43. The summed E-state index contributed by atoms with van der Waals surface area (Å²) in [5.74, 6) is -1.94. The Morgan fingerprint density at radius 3 is 2.66 bits per heavy atom. The first-order valence-electron chi connectivity index (χ1n) is 9.74. The van der Waals surface area contributed by atoms with E-state index in [2.05, 4.69) is 15.6 Å². The van der Waals surface area contributed by atoms with Gasteiger partial charge in [0.1, 0.15) is 36.4 Å². The number of carbonyl (C=O) groups is 2. The minimum Gasteiger partial charge on any atom is -0.487 e. The Morgan fingerprint density at radius 2 is 2.00 bits per heavy atom. The second kappa shape index (κ2) is 10.2. The van der Waals surface area contributed by atoms with Crippen molar-refractivity contribution < 1.29 is 39.5 Å². The number of aliphatic carboxylic acids is 1. The molecular formula is C20H24N4O8. The number of hydrogen-bond acceptors (Lipinski definition) is 9. The van der Waals surface area contributed by atoms with Crippen LogP contribution in [0.25, 0.3) is 0 Å². The van der Waals surface area contributed by atoms with Gasteiger partial charge in [0.25, 0.3) is 0 Å². The van der Waals surface area contributed by atoms with Crippen molar-refractivity contribution in [3.63, 3.8) is 0 Å². The van der Waals surface area contributed by atoms with Crippen molar-refractivity contribution in [3.8, 4) is 5.75 Å². The van der Waals surface area contributed by atoms with Gasteiger partial charge < -0.3 is 35.2 Å². The second-order valence-electron chi connectivity index (χ2n) is 7.23. The minimum atomic E-state index is -1.67. The third-order valence-electron chi connectivity index (χ3n) is 4.71. The zero-order chi connectivity index (χ0) is 23.3. The maximum absolute atomic E-state index is 11.5. The number of amides is 1. The van der Waals surface area contributed by atoms with Crippen molar-refractivity contribution >= 4 is 11.9 Å². The molecule has 0 aliphatic carbocycles. The highest BCUT2D eigenvalue weighted by atomic mass is 16.5. The van der Waals surface area contributed by atoms with Crippen molar-refractivity contribution in [1.82, 2.24) is 20.3 Å². The van der Waals surface area contributed by atoms with Crippen molar-refractivity contribution in [1.29, 1.82) is 0 Å². The third-order valence-corrected chi connectivity index (χ3v) is 4.71. The topological polar surface area (TPSA) is 176 Å². The zero-order valence-corrected chi connectivity index (χ0v) is 17.1. The standard InChI is InChI=1S/C20H24N4O8/c1-11(25)21-17-14(26)7-16(20(29)30)32-19(17)18(28)15(27)9-24-8-12(22-23-24)10-31-13-5-3-2-4-6-13/h2-8,14-15,17-19,26-28H,9-10H2,1H3,(H,21,25)(H,29,30)/t14-,15+,17+,18+,19+/m0/s1. The number of hydrogen-bond donors (Lipinski definition) is 5. The third kappa shape index (κ3) is 5.81. The van der Waals surface area contributed by atoms with Gasteiger partial charge >= 0.3 is 5.97 Å². The largest absolute Gasteiger partial charge is 0.487 e. The zero-order valence-electron chi connectivity index (χ0n) is 17.1.